The van der Waals surface area contributed by atoms with Crippen LogP contribution in [-0.4, -0.2) is 32.2 Å². The first-order valence-corrected chi connectivity index (χ1v) is 7.90. The van der Waals surface area contributed by atoms with Crippen molar-refractivity contribution in [2.45, 2.75) is 25.1 Å². The van der Waals surface area contributed by atoms with Gasteiger partial charge in [0.25, 0.3) is 0 Å². The molecule has 0 amide bonds. The highest BCUT2D eigenvalue weighted by molar-refractivity contribution is 9.10. The van der Waals surface area contributed by atoms with Crippen LogP contribution in [0.15, 0.2) is 27.6 Å². The van der Waals surface area contributed by atoms with Crippen LogP contribution in [0.25, 0.3) is 0 Å². The molecule has 0 saturated heterocycles. The van der Waals surface area contributed by atoms with Crippen molar-refractivity contribution in [2.24, 2.45) is 0 Å². The van der Waals surface area contributed by atoms with E-state index in [9.17, 15) is 21.6 Å². The minimum Gasteiger partial charge on any atom is -0.404 e. The van der Waals surface area contributed by atoms with Crippen molar-refractivity contribution < 1.29 is 26.3 Å². The third kappa shape index (κ3) is 4.10. The average Bonchev–Trinajstić information content (AvgIpc) is 2.31. The van der Waals surface area contributed by atoms with Gasteiger partial charge in [-0.15, -0.1) is 13.2 Å². The van der Waals surface area contributed by atoms with E-state index in [0.29, 0.717) is 4.47 Å². The van der Waals surface area contributed by atoms with Crippen LogP contribution in [0.4, 0.5) is 13.2 Å². The van der Waals surface area contributed by atoms with Gasteiger partial charge in [-0.3, -0.25) is 0 Å². The number of benzene rings is 1. The van der Waals surface area contributed by atoms with Crippen LogP contribution in [0.2, 0.25) is 0 Å². The Hall–Kier alpha value is -0.800. The summed E-state index contributed by atoms with van der Waals surface area (Å²) in [5.74, 6) is -0.743. The Morgan fingerprint density at radius 3 is 2.25 bits per heavy atom. The lowest BCUT2D eigenvalue weighted by Crippen LogP contribution is -2.31. The van der Waals surface area contributed by atoms with Gasteiger partial charge < -0.3 is 4.74 Å². The summed E-state index contributed by atoms with van der Waals surface area (Å²) in [6.07, 6.45) is -4.96. The topological polar surface area (TPSA) is 46.6 Å². The maximum absolute atomic E-state index is 12.3. The van der Waals surface area contributed by atoms with E-state index < -0.39 is 27.0 Å². The SMILES string of the molecule is CCN(CC)S(=O)(=O)c1cc(Br)ccc1OC(F)(F)F. The van der Waals surface area contributed by atoms with Gasteiger partial charge >= 0.3 is 6.36 Å². The lowest BCUT2D eigenvalue weighted by molar-refractivity contribution is -0.275. The van der Waals surface area contributed by atoms with Gasteiger partial charge in [-0.05, 0) is 18.2 Å². The second-order valence-electron chi connectivity index (χ2n) is 3.73. The Bertz CT molecular complexity index is 571. The zero-order valence-corrected chi connectivity index (χ0v) is 13.1. The van der Waals surface area contributed by atoms with Gasteiger partial charge in [-0.25, -0.2) is 8.42 Å². The second-order valence-corrected chi connectivity index (χ2v) is 6.55. The molecule has 0 saturated carbocycles. The molecule has 4 nitrogen and oxygen atoms in total. The third-order valence-electron chi connectivity index (χ3n) is 2.45. The molecule has 0 aromatic heterocycles. The standard InChI is InChI=1S/C11H13BrF3NO3S/c1-3-16(4-2)20(17,18)10-7-8(12)5-6-9(10)19-11(13,14)15/h5-7H,3-4H2,1-2H3. The molecule has 1 aromatic carbocycles. The number of sulfonamides is 1. The van der Waals surface area contributed by atoms with Crippen molar-refractivity contribution >= 4 is 26.0 Å². The monoisotopic (exact) mass is 375 g/mol. The summed E-state index contributed by atoms with van der Waals surface area (Å²) in [6, 6.07) is 3.34. The van der Waals surface area contributed by atoms with E-state index in [1.807, 2.05) is 0 Å². The number of hydrogen-bond acceptors (Lipinski definition) is 3. The fraction of sp³-hybridized carbons (Fsp3) is 0.455. The van der Waals surface area contributed by atoms with E-state index in [2.05, 4.69) is 20.7 Å². The Morgan fingerprint density at radius 2 is 1.80 bits per heavy atom. The Labute approximate surface area is 123 Å². The molecule has 0 heterocycles. The molecule has 0 unspecified atom stereocenters. The third-order valence-corrected chi connectivity index (χ3v) is 5.02. The molecule has 0 radical (unpaired) electrons. The fourth-order valence-electron chi connectivity index (χ4n) is 1.60. The fourth-order valence-corrected chi connectivity index (χ4v) is 3.71. The van der Waals surface area contributed by atoms with Crippen LogP contribution in [0.5, 0.6) is 5.75 Å². The Kier molecular flexibility index (Phi) is 5.45. The van der Waals surface area contributed by atoms with Crippen molar-refractivity contribution in [1.29, 1.82) is 0 Å². The molecule has 9 heteroatoms. The summed E-state index contributed by atoms with van der Waals surface area (Å²) >= 11 is 3.04. The highest BCUT2D eigenvalue weighted by Gasteiger charge is 2.35. The molecule has 0 atom stereocenters. The number of ether oxygens (including phenoxy) is 1. The molecule has 114 valence electrons. The highest BCUT2D eigenvalue weighted by atomic mass is 79.9. The van der Waals surface area contributed by atoms with Crippen molar-refractivity contribution in [3.63, 3.8) is 0 Å². The second kappa shape index (κ2) is 6.31. The lowest BCUT2D eigenvalue weighted by Gasteiger charge is -2.21. The van der Waals surface area contributed by atoms with Crippen LogP contribution < -0.4 is 4.74 Å². The summed E-state index contributed by atoms with van der Waals surface area (Å²) in [5, 5.41) is 0. The number of nitrogens with zero attached hydrogens (tertiary/aromatic N) is 1. The van der Waals surface area contributed by atoms with Crippen LogP contribution in [-0.2, 0) is 10.0 Å². The minimum atomic E-state index is -4.96. The number of rotatable bonds is 5. The van der Waals surface area contributed by atoms with Crippen molar-refractivity contribution in [1.82, 2.24) is 4.31 Å². The van der Waals surface area contributed by atoms with Crippen LogP contribution in [0.3, 0.4) is 0 Å². The van der Waals surface area contributed by atoms with Crippen molar-refractivity contribution in [3.8, 4) is 5.75 Å². The molecule has 1 aromatic rings. The molecular formula is C11H13BrF3NO3S. The Morgan fingerprint density at radius 1 is 1.25 bits per heavy atom. The van der Waals surface area contributed by atoms with Gasteiger partial charge in [-0.1, -0.05) is 29.8 Å². The smallest absolute Gasteiger partial charge is 0.404 e. The predicted octanol–water partition coefficient (Wildman–Crippen LogP) is 3.38. The highest BCUT2D eigenvalue weighted by Crippen LogP contribution is 2.33. The number of hydrogen-bond donors (Lipinski definition) is 0. The molecule has 0 aliphatic heterocycles. The van der Waals surface area contributed by atoms with Gasteiger partial charge in [-0.2, -0.15) is 4.31 Å². The van der Waals surface area contributed by atoms with Crippen LogP contribution in [0.1, 0.15) is 13.8 Å². The zero-order chi connectivity index (χ0) is 15.6. The van der Waals surface area contributed by atoms with Crippen molar-refractivity contribution in [3.05, 3.63) is 22.7 Å². The molecule has 0 spiro atoms. The van der Waals surface area contributed by atoms with Gasteiger partial charge in [0.15, 0.2) is 0 Å². The van der Waals surface area contributed by atoms with E-state index in [1.165, 1.54) is 6.07 Å². The van der Waals surface area contributed by atoms with E-state index >= 15 is 0 Å². The molecule has 0 aliphatic rings. The van der Waals surface area contributed by atoms with E-state index in [4.69, 9.17) is 0 Å². The summed E-state index contributed by atoms with van der Waals surface area (Å²) in [4.78, 5) is -0.520. The molecule has 0 N–H and O–H groups in total. The molecule has 0 bridgehead atoms. The summed E-state index contributed by atoms with van der Waals surface area (Å²) in [5.41, 5.74) is 0. The van der Waals surface area contributed by atoms with Crippen LogP contribution in [0, 0.1) is 0 Å². The van der Waals surface area contributed by atoms with Crippen LogP contribution >= 0.6 is 15.9 Å². The molecule has 1 rings (SSSR count). The van der Waals surface area contributed by atoms with Gasteiger partial charge in [0.2, 0.25) is 10.0 Å². The predicted molar refractivity (Wildman–Crippen MR) is 70.9 cm³/mol. The van der Waals surface area contributed by atoms with Gasteiger partial charge in [0, 0.05) is 17.6 Å². The minimum absolute atomic E-state index is 0.150. The zero-order valence-electron chi connectivity index (χ0n) is 10.7. The number of halogens is 4. The van der Waals surface area contributed by atoms with Gasteiger partial charge in [0.1, 0.15) is 10.6 Å². The summed E-state index contributed by atoms with van der Waals surface area (Å²) < 4.78 is 66.8. The first kappa shape index (κ1) is 17.3. The molecule has 0 aliphatic carbocycles. The van der Waals surface area contributed by atoms with E-state index in [1.54, 1.807) is 13.8 Å². The van der Waals surface area contributed by atoms with Gasteiger partial charge in [0.05, 0.1) is 0 Å². The first-order chi connectivity index (χ1) is 9.11. The van der Waals surface area contributed by atoms with E-state index in [-0.39, 0.29) is 13.1 Å². The molecule has 20 heavy (non-hydrogen) atoms. The first-order valence-electron chi connectivity index (χ1n) is 5.67. The lowest BCUT2D eigenvalue weighted by atomic mass is 10.3. The normalized spacial score (nSPS) is 12.8. The largest absolute Gasteiger partial charge is 0.573 e. The van der Waals surface area contributed by atoms with Crippen molar-refractivity contribution in [2.75, 3.05) is 13.1 Å². The quantitative estimate of drug-likeness (QED) is 0.792. The summed E-state index contributed by atoms with van der Waals surface area (Å²) in [6.45, 7) is 3.50. The Balaban J connectivity index is 3.39. The number of alkyl halides is 3. The molecule has 0 fully saturated rings. The maximum Gasteiger partial charge on any atom is 0.573 e. The molecular weight excluding hydrogens is 363 g/mol. The maximum atomic E-state index is 12.3. The average molecular weight is 376 g/mol. The summed E-state index contributed by atoms with van der Waals surface area (Å²) in [7, 11) is -4.05. The van der Waals surface area contributed by atoms with E-state index in [0.717, 1.165) is 16.4 Å².